The minimum atomic E-state index is -0.349. The van der Waals surface area contributed by atoms with E-state index >= 15 is 0 Å². The van der Waals surface area contributed by atoms with Crippen LogP contribution in [0.3, 0.4) is 0 Å². The van der Waals surface area contributed by atoms with Gasteiger partial charge in [0.2, 0.25) is 0 Å². The molecular formula is C22H26ClNO. The molecule has 1 aliphatic heterocycles. The molecule has 1 fully saturated rings. The topological polar surface area (TPSA) is 20.3 Å². The Morgan fingerprint density at radius 2 is 1.60 bits per heavy atom. The van der Waals surface area contributed by atoms with Gasteiger partial charge in [-0.05, 0) is 62.9 Å². The maximum atomic E-state index is 13.5. The third kappa shape index (κ3) is 3.38. The van der Waals surface area contributed by atoms with Crippen molar-refractivity contribution >= 4 is 18.2 Å². The Kier molecular flexibility index (Phi) is 5.61. The average Bonchev–Trinajstić information content (AvgIpc) is 3.16. The number of halogens is 1. The molecule has 1 atom stereocenters. The summed E-state index contributed by atoms with van der Waals surface area (Å²) in [5.41, 5.74) is 3.01. The third-order valence-corrected chi connectivity index (χ3v) is 5.90. The summed E-state index contributed by atoms with van der Waals surface area (Å²) in [7, 11) is 0. The molecule has 2 nitrogen and oxygen atoms in total. The van der Waals surface area contributed by atoms with Crippen LogP contribution in [0.2, 0.25) is 0 Å². The van der Waals surface area contributed by atoms with E-state index in [1.54, 1.807) is 0 Å². The number of fused-ring (bicyclic) bond motifs is 1. The number of carbonyl (C=O) groups is 1. The summed E-state index contributed by atoms with van der Waals surface area (Å²) >= 11 is 0. The monoisotopic (exact) mass is 355 g/mol. The smallest absolute Gasteiger partial charge is 0.173 e. The first-order valence-corrected chi connectivity index (χ1v) is 9.20. The second-order valence-corrected chi connectivity index (χ2v) is 7.23. The van der Waals surface area contributed by atoms with Crippen LogP contribution in [0.5, 0.6) is 0 Å². The van der Waals surface area contributed by atoms with Crippen molar-refractivity contribution in [2.24, 2.45) is 0 Å². The van der Waals surface area contributed by atoms with E-state index in [4.69, 9.17) is 0 Å². The number of carbonyl (C=O) groups excluding carboxylic acids is 1. The molecule has 3 heteroatoms. The van der Waals surface area contributed by atoms with Crippen LogP contribution >= 0.6 is 12.4 Å². The van der Waals surface area contributed by atoms with Gasteiger partial charge < -0.3 is 4.90 Å². The van der Waals surface area contributed by atoms with Gasteiger partial charge in [-0.25, -0.2) is 0 Å². The number of hydrogen-bond donors (Lipinski definition) is 0. The Morgan fingerprint density at radius 1 is 0.920 bits per heavy atom. The Bertz CT molecular complexity index is 724. The summed E-state index contributed by atoms with van der Waals surface area (Å²) < 4.78 is 0. The molecule has 2 aromatic carbocycles. The van der Waals surface area contributed by atoms with E-state index in [2.05, 4.69) is 35.2 Å². The maximum Gasteiger partial charge on any atom is 0.173 e. The van der Waals surface area contributed by atoms with Crippen LogP contribution in [-0.2, 0) is 11.8 Å². The van der Waals surface area contributed by atoms with Crippen molar-refractivity contribution in [2.45, 2.75) is 37.5 Å². The number of rotatable bonds is 4. The fourth-order valence-corrected chi connectivity index (χ4v) is 4.45. The van der Waals surface area contributed by atoms with Gasteiger partial charge in [-0.15, -0.1) is 12.4 Å². The van der Waals surface area contributed by atoms with E-state index in [0.717, 1.165) is 31.4 Å². The van der Waals surface area contributed by atoms with Gasteiger partial charge >= 0.3 is 0 Å². The van der Waals surface area contributed by atoms with E-state index in [0.29, 0.717) is 5.78 Å². The largest absolute Gasteiger partial charge is 0.303 e. The van der Waals surface area contributed by atoms with E-state index in [-0.39, 0.29) is 17.8 Å². The minimum Gasteiger partial charge on any atom is -0.303 e. The highest BCUT2D eigenvalue weighted by Crippen LogP contribution is 2.41. The molecule has 0 saturated carbocycles. The standard InChI is InChI=1S/C22H25NO.ClH/c24-21-20-11-5-4-8-18(20)12-13-22(21,19-9-2-1-3-10-19)14-17-23-15-6-7-16-23;/h1-5,8-11H,6-7,12-17H2;1H. The second kappa shape index (κ2) is 7.72. The highest BCUT2D eigenvalue weighted by molar-refractivity contribution is 6.06. The van der Waals surface area contributed by atoms with Crippen molar-refractivity contribution in [3.05, 3.63) is 71.3 Å². The van der Waals surface area contributed by atoms with Crippen LogP contribution < -0.4 is 0 Å². The van der Waals surface area contributed by atoms with Gasteiger partial charge in [0.15, 0.2) is 5.78 Å². The predicted molar refractivity (Wildman–Crippen MR) is 105 cm³/mol. The molecule has 1 aliphatic carbocycles. The lowest BCUT2D eigenvalue weighted by Gasteiger charge is -2.38. The highest BCUT2D eigenvalue weighted by atomic mass is 35.5. The lowest BCUT2D eigenvalue weighted by molar-refractivity contribution is 0.0837. The predicted octanol–water partition coefficient (Wildman–Crippen LogP) is 4.66. The molecule has 25 heavy (non-hydrogen) atoms. The number of nitrogens with zero attached hydrogens (tertiary/aromatic N) is 1. The molecule has 2 aliphatic rings. The van der Waals surface area contributed by atoms with Crippen LogP contribution in [0.4, 0.5) is 0 Å². The molecule has 2 aromatic rings. The second-order valence-electron chi connectivity index (χ2n) is 7.23. The molecule has 0 bridgehead atoms. The zero-order valence-electron chi connectivity index (χ0n) is 14.6. The van der Waals surface area contributed by atoms with E-state index in [1.807, 2.05) is 24.3 Å². The molecule has 132 valence electrons. The zero-order chi connectivity index (χ0) is 16.4. The summed E-state index contributed by atoms with van der Waals surface area (Å²) in [6, 6.07) is 18.7. The minimum absolute atomic E-state index is 0. The lowest BCUT2D eigenvalue weighted by Crippen LogP contribution is -2.42. The fourth-order valence-electron chi connectivity index (χ4n) is 4.45. The molecule has 4 rings (SSSR count). The number of Topliss-reactive ketones (excluding diaryl/α,β-unsaturated/α-hetero) is 1. The van der Waals surface area contributed by atoms with Gasteiger partial charge in [-0.2, -0.15) is 0 Å². The van der Waals surface area contributed by atoms with Crippen molar-refractivity contribution < 1.29 is 4.79 Å². The number of ketones is 1. The summed E-state index contributed by atoms with van der Waals surface area (Å²) in [6.45, 7) is 3.41. The Morgan fingerprint density at radius 3 is 2.36 bits per heavy atom. The van der Waals surface area contributed by atoms with E-state index < -0.39 is 0 Å². The van der Waals surface area contributed by atoms with Crippen LogP contribution in [0.25, 0.3) is 0 Å². The van der Waals surface area contributed by atoms with Gasteiger partial charge in [0.1, 0.15) is 0 Å². The number of likely N-dealkylation sites (tertiary alicyclic amines) is 1. The summed E-state index contributed by atoms with van der Waals surface area (Å²) in [6.07, 6.45) is 5.46. The molecule has 0 amide bonds. The van der Waals surface area contributed by atoms with Crippen molar-refractivity contribution in [1.82, 2.24) is 4.90 Å². The lowest BCUT2D eigenvalue weighted by atomic mass is 9.64. The van der Waals surface area contributed by atoms with Crippen molar-refractivity contribution in [3.8, 4) is 0 Å². The van der Waals surface area contributed by atoms with Crippen molar-refractivity contribution in [1.29, 1.82) is 0 Å². The van der Waals surface area contributed by atoms with Gasteiger partial charge in [-0.3, -0.25) is 4.79 Å². The van der Waals surface area contributed by atoms with Crippen LogP contribution in [0.1, 0.15) is 47.2 Å². The summed E-state index contributed by atoms with van der Waals surface area (Å²) in [5.74, 6) is 0.328. The molecule has 0 radical (unpaired) electrons. The molecular weight excluding hydrogens is 330 g/mol. The summed E-state index contributed by atoms with van der Waals surface area (Å²) in [4.78, 5) is 16.1. The Hall–Kier alpha value is -1.64. The van der Waals surface area contributed by atoms with Crippen LogP contribution in [-0.4, -0.2) is 30.3 Å². The SMILES string of the molecule is Cl.O=C1c2ccccc2CCC1(CCN1CCCC1)c1ccccc1. The number of aryl methyl sites for hydroxylation is 1. The molecule has 0 spiro atoms. The van der Waals surface area contributed by atoms with Crippen LogP contribution in [0.15, 0.2) is 54.6 Å². The van der Waals surface area contributed by atoms with Crippen molar-refractivity contribution in [3.63, 3.8) is 0 Å². The first-order valence-electron chi connectivity index (χ1n) is 9.20. The van der Waals surface area contributed by atoms with Crippen molar-refractivity contribution in [2.75, 3.05) is 19.6 Å². The quantitative estimate of drug-likeness (QED) is 0.794. The summed E-state index contributed by atoms with van der Waals surface area (Å²) in [5, 5.41) is 0. The molecule has 0 N–H and O–H groups in total. The highest BCUT2D eigenvalue weighted by Gasteiger charge is 2.43. The maximum absolute atomic E-state index is 13.5. The first kappa shape index (κ1) is 18.2. The fraction of sp³-hybridized carbons (Fsp3) is 0.409. The molecule has 1 unspecified atom stereocenters. The number of benzene rings is 2. The van der Waals surface area contributed by atoms with Gasteiger partial charge in [0.05, 0.1) is 5.41 Å². The third-order valence-electron chi connectivity index (χ3n) is 5.90. The average molecular weight is 356 g/mol. The zero-order valence-corrected chi connectivity index (χ0v) is 15.4. The molecule has 0 aromatic heterocycles. The van der Waals surface area contributed by atoms with E-state index in [9.17, 15) is 4.79 Å². The van der Waals surface area contributed by atoms with Gasteiger partial charge in [0.25, 0.3) is 0 Å². The molecule has 1 heterocycles. The Labute approximate surface area is 156 Å². The van der Waals surface area contributed by atoms with Crippen LogP contribution in [0, 0.1) is 0 Å². The number of hydrogen-bond acceptors (Lipinski definition) is 2. The Balaban J connectivity index is 0.00000182. The van der Waals surface area contributed by atoms with Gasteiger partial charge in [-0.1, -0.05) is 54.6 Å². The molecule has 1 saturated heterocycles. The van der Waals surface area contributed by atoms with Gasteiger partial charge in [0, 0.05) is 5.56 Å². The normalized spacial score (nSPS) is 23.1. The first-order chi connectivity index (χ1) is 11.8. The van der Waals surface area contributed by atoms with E-state index in [1.165, 1.54) is 37.1 Å².